The molecule has 1 aromatic carbocycles. The Morgan fingerprint density at radius 1 is 1.35 bits per heavy atom. The summed E-state index contributed by atoms with van der Waals surface area (Å²) in [6.45, 7) is 5.64. The maximum atomic E-state index is 5.93. The molecule has 1 heterocycles. The lowest BCUT2D eigenvalue weighted by Crippen LogP contribution is -2.19. The van der Waals surface area contributed by atoms with Crippen LogP contribution in [0.4, 0.5) is 6.01 Å². The highest BCUT2D eigenvalue weighted by Gasteiger charge is 2.12. The average molecular weight is 295 g/mol. The van der Waals surface area contributed by atoms with Crippen molar-refractivity contribution in [3.63, 3.8) is 0 Å². The zero-order chi connectivity index (χ0) is 14.4. The third kappa shape index (κ3) is 4.21. The van der Waals surface area contributed by atoms with E-state index in [4.69, 9.17) is 16.0 Å². The van der Waals surface area contributed by atoms with Gasteiger partial charge < -0.3 is 15.1 Å². The zero-order valence-electron chi connectivity index (χ0n) is 11.7. The van der Waals surface area contributed by atoms with Crippen LogP contribution in [0.2, 0.25) is 5.02 Å². The van der Waals surface area contributed by atoms with Gasteiger partial charge in [-0.05, 0) is 37.6 Å². The lowest BCUT2D eigenvalue weighted by Gasteiger charge is -2.07. The fraction of sp³-hybridized carbons (Fsp3) is 0.429. The molecule has 0 spiro atoms. The Kier molecular flexibility index (Phi) is 5.38. The second-order valence-corrected chi connectivity index (χ2v) is 5.04. The molecule has 108 valence electrons. The van der Waals surface area contributed by atoms with E-state index in [1.165, 1.54) is 0 Å². The van der Waals surface area contributed by atoms with Gasteiger partial charge in [-0.1, -0.05) is 35.8 Å². The van der Waals surface area contributed by atoms with Crippen molar-refractivity contribution in [2.24, 2.45) is 0 Å². The normalized spacial score (nSPS) is 12.3. The molecule has 2 N–H and O–H groups in total. The number of aromatic nitrogens is 2. The smallest absolute Gasteiger partial charge is 0.315 e. The van der Waals surface area contributed by atoms with Crippen LogP contribution in [0.3, 0.4) is 0 Å². The van der Waals surface area contributed by atoms with Gasteiger partial charge in [0.15, 0.2) is 0 Å². The van der Waals surface area contributed by atoms with E-state index >= 15 is 0 Å². The SMILES string of the molecule is CCCNC(C)c1nnc(NCc2cccc(Cl)c2)o1. The number of nitrogens with zero attached hydrogens (tertiary/aromatic N) is 2. The highest BCUT2D eigenvalue weighted by Crippen LogP contribution is 2.15. The van der Waals surface area contributed by atoms with Gasteiger partial charge in [0.1, 0.15) is 0 Å². The van der Waals surface area contributed by atoms with Crippen LogP contribution < -0.4 is 10.6 Å². The van der Waals surface area contributed by atoms with E-state index in [1.807, 2.05) is 31.2 Å². The molecule has 0 aliphatic heterocycles. The van der Waals surface area contributed by atoms with Gasteiger partial charge in [-0.25, -0.2) is 0 Å². The number of rotatable bonds is 7. The quantitative estimate of drug-likeness (QED) is 0.819. The van der Waals surface area contributed by atoms with Crippen molar-refractivity contribution in [1.29, 1.82) is 0 Å². The number of nitrogens with one attached hydrogen (secondary N) is 2. The van der Waals surface area contributed by atoms with Crippen molar-refractivity contribution < 1.29 is 4.42 Å². The van der Waals surface area contributed by atoms with E-state index < -0.39 is 0 Å². The second-order valence-electron chi connectivity index (χ2n) is 4.60. The van der Waals surface area contributed by atoms with Gasteiger partial charge in [-0.2, -0.15) is 0 Å². The van der Waals surface area contributed by atoms with Crippen LogP contribution in [0, 0.1) is 0 Å². The molecule has 2 aromatic rings. The van der Waals surface area contributed by atoms with Gasteiger partial charge >= 0.3 is 6.01 Å². The summed E-state index contributed by atoms with van der Waals surface area (Å²) < 4.78 is 5.57. The van der Waals surface area contributed by atoms with E-state index in [-0.39, 0.29) is 6.04 Å². The number of hydrogen-bond acceptors (Lipinski definition) is 5. The minimum Gasteiger partial charge on any atom is -0.406 e. The van der Waals surface area contributed by atoms with Gasteiger partial charge in [-0.15, -0.1) is 5.10 Å². The highest BCUT2D eigenvalue weighted by molar-refractivity contribution is 6.30. The van der Waals surface area contributed by atoms with Crippen LogP contribution in [0.5, 0.6) is 0 Å². The first-order chi connectivity index (χ1) is 9.69. The summed E-state index contributed by atoms with van der Waals surface area (Å²) in [6.07, 6.45) is 1.07. The van der Waals surface area contributed by atoms with Gasteiger partial charge in [-0.3, -0.25) is 0 Å². The van der Waals surface area contributed by atoms with Crippen molar-refractivity contribution in [1.82, 2.24) is 15.5 Å². The molecular weight excluding hydrogens is 276 g/mol. The summed E-state index contributed by atoms with van der Waals surface area (Å²) in [5, 5.41) is 15.1. The Morgan fingerprint density at radius 3 is 2.95 bits per heavy atom. The van der Waals surface area contributed by atoms with Gasteiger partial charge in [0, 0.05) is 11.6 Å². The molecule has 0 aliphatic carbocycles. The minimum absolute atomic E-state index is 0.0594. The Labute approximate surface area is 123 Å². The standard InChI is InChI=1S/C14H19ClN4O/c1-3-7-16-10(2)13-18-19-14(20-13)17-9-11-5-4-6-12(15)8-11/h4-6,8,10,16H,3,7,9H2,1-2H3,(H,17,19). The van der Waals surface area contributed by atoms with Crippen molar-refractivity contribution >= 4 is 17.6 Å². The van der Waals surface area contributed by atoms with E-state index in [2.05, 4.69) is 27.8 Å². The number of hydrogen-bond donors (Lipinski definition) is 2. The molecule has 20 heavy (non-hydrogen) atoms. The lowest BCUT2D eigenvalue weighted by molar-refractivity contribution is 0.423. The van der Waals surface area contributed by atoms with Gasteiger partial charge in [0.25, 0.3) is 0 Å². The van der Waals surface area contributed by atoms with E-state index in [0.717, 1.165) is 18.5 Å². The second kappa shape index (κ2) is 7.26. The van der Waals surface area contributed by atoms with Crippen LogP contribution in [0.25, 0.3) is 0 Å². The first kappa shape index (κ1) is 14.8. The van der Waals surface area contributed by atoms with Crippen LogP contribution in [-0.4, -0.2) is 16.7 Å². The molecule has 6 heteroatoms. The molecule has 0 radical (unpaired) electrons. The van der Waals surface area contributed by atoms with Gasteiger partial charge in [0.2, 0.25) is 5.89 Å². The number of halogens is 1. The van der Waals surface area contributed by atoms with Crippen molar-refractivity contribution in [3.05, 3.63) is 40.7 Å². The zero-order valence-corrected chi connectivity index (χ0v) is 12.4. The summed E-state index contributed by atoms with van der Waals surface area (Å²) >= 11 is 5.93. The molecule has 0 fully saturated rings. The van der Waals surface area contributed by atoms with E-state index in [0.29, 0.717) is 23.5 Å². The molecule has 0 saturated carbocycles. The molecule has 1 aromatic heterocycles. The third-order valence-electron chi connectivity index (χ3n) is 2.84. The summed E-state index contributed by atoms with van der Waals surface area (Å²) in [7, 11) is 0. The molecule has 0 aliphatic rings. The molecule has 0 amide bonds. The van der Waals surface area contributed by atoms with Crippen molar-refractivity contribution in [3.8, 4) is 0 Å². The number of anilines is 1. The summed E-state index contributed by atoms with van der Waals surface area (Å²) in [5.74, 6) is 0.590. The highest BCUT2D eigenvalue weighted by atomic mass is 35.5. The largest absolute Gasteiger partial charge is 0.406 e. The monoisotopic (exact) mass is 294 g/mol. The molecule has 1 atom stereocenters. The summed E-state index contributed by atoms with van der Waals surface area (Å²) in [5.41, 5.74) is 1.06. The summed E-state index contributed by atoms with van der Waals surface area (Å²) in [6, 6.07) is 8.12. The van der Waals surface area contributed by atoms with Crippen LogP contribution in [0.1, 0.15) is 37.8 Å². The fourth-order valence-electron chi connectivity index (χ4n) is 1.75. The van der Waals surface area contributed by atoms with Crippen LogP contribution in [-0.2, 0) is 6.54 Å². The van der Waals surface area contributed by atoms with Crippen LogP contribution >= 0.6 is 11.6 Å². The van der Waals surface area contributed by atoms with Crippen molar-refractivity contribution in [2.75, 3.05) is 11.9 Å². The summed E-state index contributed by atoms with van der Waals surface area (Å²) in [4.78, 5) is 0. The first-order valence-corrected chi connectivity index (χ1v) is 7.12. The predicted molar refractivity (Wildman–Crippen MR) is 79.8 cm³/mol. The lowest BCUT2D eigenvalue weighted by atomic mass is 10.2. The minimum atomic E-state index is 0.0594. The maximum Gasteiger partial charge on any atom is 0.315 e. The molecule has 0 saturated heterocycles. The molecule has 0 bridgehead atoms. The Hall–Kier alpha value is -1.59. The average Bonchev–Trinajstić information content (AvgIpc) is 2.91. The molecule has 5 nitrogen and oxygen atoms in total. The first-order valence-electron chi connectivity index (χ1n) is 6.74. The number of benzene rings is 1. The predicted octanol–water partition coefficient (Wildman–Crippen LogP) is 3.40. The van der Waals surface area contributed by atoms with Crippen molar-refractivity contribution in [2.45, 2.75) is 32.9 Å². The Balaban J connectivity index is 1.89. The third-order valence-corrected chi connectivity index (χ3v) is 3.08. The molecule has 2 rings (SSSR count). The van der Waals surface area contributed by atoms with Gasteiger partial charge in [0.05, 0.1) is 6.04 Å². The topological polar surface area (TPSA) is 63.0 Å². The molecular formula is C14H19ClN4O. The fourth-order valence-corrected chi connectivity index (χ4v) is 1.97. The molecule has 1 unspecified atom stereocenters. The van der Waals surface area contributed by atoms with E-state index in [9.17, 15) is 0 Å². The Bertz CT molecular complexity index is 543. The van der Waals surface area contributed by atoms with E-state index in [1.54, 1.807) is 0 Å². The maximum absolute atomic E-state index is 5.93. The van der Waals surface area contributed by atoms with Crippen LogP contribution in [0.15, 0.2) is 28.7 Å². The Morgan fingerprint density at radius 2 is 2.20 bits per heavy atom.